The molecule has 1 aromatic heterocycles. The summed E-state index contributed by atoms with van der Waals surface area (Å²) in [5, 5.41) is 14.8. The van der Waals surface area contributed by atoms with Gasteiger partial charge < -0.3 is 14.8 Å². The first-order valence-electron chi connectivity index (χ1n) is 7.81. The van der Waals surface area contributed by atoms with Gasteiger partial charge in [0.2, 0.25) is 5.95 Å². The Morgan fingerprint density at radius 1 is 1.29 bits per heavy atom. The maximum Gasteiger partial charge on any atom is 0.338 e. The number of carbonyl (C=O) groups excluding carboxylic acids is 1. The number of ether oxygens (including phenoxy) is 2. The molecule has 126 valence electrons. The van der Waals surface area contributed by atoms with Crippen LogP contribution in [0, 0.1) is 0 Å². The van der Waals surface area contributed by atoms with E-state index >= 15 is 0 Å². The molecule has 2 aromatic rings. The Kier molecular flexibility index (Phi) is 4.45. The molecule has 0 amide bonds. The third kappa shape index (κ3) is 2.70. The van der Waals surface area contributed by atoms with Crippen molar-refractivity contribution in [2.45, 2.75) is 26.8 Å². The van der Waals surface area contributed by atoms with Crippen LogP contribution < -0.4 is 10.1 Å². The van der Waals surface area contributed by atoms with Gasteiger partial charge in [-0.25, -0.2) is 4.79 Å². The SMILES string of the molecule is CCOC(=O)C1=C(C)Nc2nnnn2[C@@H]1c1ccccc1OCC. The van der Waals surface area contributed by atoms with Gasteiger partial charge in [0.15, 0.2) is 0 Å². The van der Waals surface area contributed by atoms with Gasteiger partial charge in [0, 0.05) is 11.3 Å². The second-order valence-electron chi connectivity index (χ2n) is 5.20. The number of nitrogens with one attached hydrogen (secondary N) is 1. The standard InChI is InChI=1S/C16H19N5O3/c1-4-23-12-9-7-6-8-11(12)14-13(15(22)24-5-2)10(3)17-16-18-19-20-21(14)16/h6-9,14H,4-5H2,1-3H3,(H,17,18,20)/t14-/m1/s1. The Morgan fingerprint density at radius 2 is 2.08 bits per heavy atom. The largest absolute Gasteiger partial charge is 0.494 e. The van der Waals surface area contributed by atoms with E-state index in [1.165, 1.54) is 0 Å². The quantitative estimate of drug-likeness (QED) is 0.838. The molecule has 0 radical (unpaired) electrons. The summed E-state index contributed by atoms with van der Waals surface area (Å²) in [6, 6.07) is 7.03. The van der Waals surface area contributed by atoms with Gasteiger partial charge in [0.1, 0.15) is 11.8 Å². The maximum absolute atomic E-state index is 12.6. The van der Waals surface area contributed by atoms with Crippen molar-refractivity contribution in [3.8, 4) is 5.75 Å². The lowest BCUT2D eigenvalue weighted by molar-refractivity contribution is -0.139. The number of esters is 1. The fraction of sp³-hybridized carbons (Fsp3) is 0.375. The van der Waals surface area contributed by atoms with Gasteiger partial charge in [0.25, 0.3) is 0 Å². The van der Waals surface area contributed by atoms with Crippen LogP contribution in [0.4, 0.5) is 5.95 Å². The molecule has 0 spiro atoms. The fourth-order valence-corrected chi connectivity index (χ4v) is 2.77. The molecule has 8 nitrogen and oxygen atoms in total. The van der Waals surface area contributed by atoms with Gasteiger partial charge in [-0.1, -0.05) is 23.3 Å². The first kappa shape index (κ1) is 16.0. The second-order valence-corrected chi connectivity index (χ2v) is 5.20. The number of hydrogen-bond acceptors (Lipinski definition) is 7. The van der Waals surface area contributed by atoms with Crippen molar-refractivity contribution in [1.82, 2.24) is 20.2 Å². The van der Waals surface area contributed by atoms with Gasteiger partial charge in [-0.15, -0.1) is 0 Å². The lowest BCUT2D eigenvalue weighted by Gasteiger charge is -2.28. The van der Waals surface area contributed by atoms with Gasteiger partial charge in [-0.3, -0.25) is 0 Å². The van der Waals surface area contributed by atoms with E-state index in [0.717, 1.165) is 5.56 Å². The second kappa shape index (κ2) is 6.69. The van der Waals surface area contributed by atoms with Crippen LogP contribution in [-0.2, 0) is 9.53 Å². The van der Waals surface area contributed by atoms with Crippen molar-refractivity contribution in [3.05, 3.63) is 41.1 Å². The van der Waals surface area contributed by atoms with E-state index in [0.29, 0.717) is 29.6 Å². The highest BCUT2D eigenvalue weighted by Crippen LogP contribution is 2.38. The highest BCUT2D eigenvalue weighted by atomic mass is 16.5. The highest BCUT2D eigenvalue weighted by Gasteiger charge is 2.36. The number of benzene rings is 1. The Labute approximate surface area is 139 Å². The molecule has 1 aliphatic rings. The van der Waals surface area contributed by atoms with Gasteiger partial charge in [-0.05, 0) is 37.3 Å². The smallest absolute Gasteiger partial charge is 0.338 e. The maximum atomic E-state index is 12.6. The topological polar surface area (TPSA) is 91.2 Å². The van der Waals surface area contributed by atoms with E-state index in [2.05, 4.69) is 20.8 Å². The molecule has 0 saturated carbocycles. The molecular formula is C16H19N5O3. The number of hydrogen-bond donors (Lipinski definition) is 1. The van der Waals surface area contributed by atoms with Gasteiger partial charge >= 0.3 is 5.97 Å². The number of allylic oxidation sites excluding steroid dienone is 1. The number of carbonyl (C=O) groups is 1. The predicted molar refractivity (Wildman–Crippen MR) is 86.5 cm³/mol. The van der Waals surface area contributed by atoms with Crippen LogP contribution in [-0.4, -0.2) is 39.4 Å². The Morgan fingerprint density at radius 3 is 2.83 bits per heavy atom. The Hall–Kier alpha value is -2.90. The summed E-state index contributed by atoms with van der Waals surface area (Å²) in [5.74, 6) is 0.750. The number of nitrogens with zero attached hydrogens (tertiary/aromatic N) is 4. The van der Waals surface area contributed by atoms with E-state index in [-0.39, 0.29) is 6.61 Å². The van der Waals surface area contributed by atoms with E-state index in [4.69, 9.17) is 9.47 Å². The van der Waals surface area contributed by atoms with Crippen LogP contribution >= 0.6 is 0 Å². The molecule has 1 aromatic carbocycles. The van der Waals surface area contributed by atoms with Crippen LogP contribution in [0.1, 0.15) is 32.4 Å². The number of tetrazole rings is 1. The molecule has 0 bridgehead atoms. The predicted octanol–water partition coefficient (Wildman–Crippen LogP) is 1.92. The van der Waals surface area contributed by atoms with Crippen LogP contribution in [0.2, 0.25) is 0 Å². The van der Waals surface area contributed by atoms with E-state index in [1.807, 2.05) is 31.2 Å². The lowest BCUT2D eigenvalue weighted by Crippen LogP contribution is -2.30. The average Bonchev–Trinajstić information content (AvgIpc) is 3.02. The van der Waals surface area contributed by atoms with E-state index in [9.17, 15) is 4.79 Å². The summed E-state index contributed by atoms with van der Waals surface area (Å²) >= 11 is 0. The van der Waals surface area contributed by atoms with Crippen molar-refractivity contribution in [2.75, 3.05) is 18.5 Å². The monoisotopic (exact) mass is 329 g/mol. The van der Waals surface area contributed by atoms with Crippen molar-refractivity contribution in [3.63, 3.8) is 0 Å². The summed E-state index contributed by atoms with van der Waals surface area (Å²) in [6.07, 6.45) is 0. The highest BCUT2D eigenvalue weighted by molar-refractivity contribution is 5.92. The van der Waals surface area contributed by atoms with Crippen molar-refractivity contribution in [1.29, 1.82) is 0 Å². The van der Waals surface area contributed by atoms with Crippen LogP contribution in [0.15, 0.2) is 35.5 Å². The molecular weight excluding hydrogens is 310 g/mol. The molecule has 1 aliphatic heterocycles. The number of para-hydroxylation sites is 1. The molecule has 0 aliphatic carbocycles. The molecule has 3 rings (SSSR count). The van der Waals surface area contributed by atoms with Crippen LogP contribution in [0.25, 0.3) is 0 Å². The molecule has 24 heavy (non-hydrogen) atoms. The molecule has 0 unspecified atom stereocenters. The van der Waals surface area contributed by atoms with Crippen molar-refractivity contribution >= 4 is 11.9 Å². The Balaban J connectivity index is 2.16. The van der Waals surface area contributed by atoms with Crippen molar-refractivity contribution in [2.24, 2.45) is 0 Å². The summed E-state index contributed by atoms with van der Waals surface area (Å²) < 4.78 is 12.5. The van der Waals surface area contributed by atoms with Crippen molar-refractivity contribution < 1.29 is 14.3 Å². The van der Waals surface area contributed by atoms with Gasteiger partial charge in [0.05, 0.1) is 18.8 Å². The molecule has 2 heterocycles. The summed E-state index contributed by atoms with van der Waals surface area (Å²) in [6.45, 7) is 6.30. The third-order valence-electron chi connectivity index (χ3n) is 3.72. The first-order chi connectivity index (χ1) is 11.7. The normalized spacial score (nSPS) is 16.4. The molecule has 8 heteroatoms. The molecule has 1 N–H and O–H groups in total. The zero-order valence-electron chi connectivity index (χ0n) is 13.8. The zero-order chi connectivity index (χ0) is 17.1. The molecule has 0 fully saturated rings. The minimum absolute atomic E-state index is 0.290. The van der Waals surface area contributed by atoms with Crippen LogP contribution in [0.5, 0.6) is 5.75 Å². The lowest BCUT2D eigenvalue weighted by atomic mass is 9.95. The number of aromatic nitrogens is 4. The third-order valence-corrected chi connectivity index (χ3v) is 3.72. The summed E-state index contributed by atoms with van der Waals surface area (Å²) in [7, 11) is 0. The fourth-order valence-electron chi connectivity index (χ4n) is 2.77. The summed E-state index contributed by atoms with van der Waals surface area (Å²) in [5.41, 5.74) is 1.92. The summed E-state index contributed by atoms with van der Waals surface area (Å²) in [4.78, 5) is 12.6. The number of anilines is 1. The minimum atomic E-state index is -0.516. The van der Waals surface area contributed by atoms with Gasteiger partial charge in [-0.2, -0.15) is 4.68 Å². The average molecular weight is 329 g/mol. The van der Waals surface area contributed by atoms with Crippen LogP contribution in [0.3, 0.4) is 0 Å². The molecule has 0 saturated heterocycles. The first-order valence-corrected chi connectivity index (χ1v) is 7.81. The van der Waals surface area contributed by atoms with E-state index < -0.39 is 12.0 Å². The Bertz CT molecular complexity index is 784. The molecule has 1 atom stereocenters. The number of rotatable bonds is 5. The minimum Gasteiger partial charge on any atom is -0.494 e. The number of fused-ring (bicyclic) bond motifs is 1. The van der Waals surface area contributed by atoms with E-state index in [1.54, 1.807) is 18.5 Å². The zero-order valence-corrected chi connectivity index (χ0v) is 13.8.